The van der Waals surface area contributed by atoms with Crippen LogP contribution in [0.4, 0.5) is 0 Å². The average Bonchev–Trinajstić information content (AvgIpc) is 3.36. The lowest BCUT2D eigenvalue weighted by molar-refractivity contribution is 0.0921. The van der Waals surface area contributed by atoms with E-state index in [9.17, 15) is 4.79 Å². The number of imidazole rings is 1. The quantitative estimate of drug-likeness (QED) is 0.409. The number of para-hydroxylation sites is 2. The van der Waals surface area contributed by atoms with Crippen LogP contribution in [0.1, 0.15) is 74.7 Å². The fourth-order valence-corrected chi connectivity index (χ4v) is 3.57. The highest BCUT2D eigenvalue weighted by Gasteiger charge is 2.13. The molecular weight excluding hydrogens is 350 g/mol. The molecular formula is C23H31N3O2. The molecule has 2 aromatic heterocycles. The van der Waals surface area contributed by atoms with E-state index in [-0.39, 0.29) is 5.91 Å². The summed E-state index contributed by atoms with van der Waals surface area (Å²) in [4.78, 5) is 16.9. The van der Waals surface area contributed by atoms with E-state index in [1.165, 1.54) is 51.2 Å². The summed E-state index contributed by atoms with van der Waals surface area (Å²) in [5.41, 5.74) is 2.11. The van der Waals surface area contributed by atoms with Gasteiger partial charge in [-0.2, -0.15) is 0 Å². The lowest BCUT2D eigenvalue weighted by Gasteiger charge is -2.10. The van der Waals surface area contributed by atoms with E-state index >= 15 is 0 Å². The van der Waals surface area contributed by atoms with Crippen LogP contribution in [0.2, 0.25) is 0 Å². The normalized spacial score (nSPS) is 11.2. The molecule has 3 rings (SSSR count). The molecule has 5 nitrogen and oxygen atoms in total. The van der Waals surface area contributed by atoms with Crippen molar-refractivity contribution in [2.24, 2.45) is 0 Å². The van der Waals surface area contributed by atoms with Gasteiger partial charge >= 0.3 is 0 Å². The Hall–Kier alpha value is -2.56. The maximum Gasteiger partial charge on any atom is 0.287 e. The third-order valence-electron chi connectivity index (χ3n) is 5.12. The maximum atomic E-state index is 12.2. The van der Waals surface area contributed by atoms with E-state index < -0.39 is 0 Å². The molecule has 0 saturated heterocycles. The summed E-state index contributed by atoms with van der Waals surface area (Å²) in [5, 5.41) is 2.92. The third kappa shape index (κ3) is 5.47. The molecule has 1 aromatic carbocycles. The van der Waals surface area contributed by atoms with E-state index in [4.69, 9.17) is 9.40 Å². The SMILES string of the molecule is CCCCCCCCCCn1c(CNC(=O)c2ccco2)nc2ccccc21. The molecule has 0 aliphatic heterocycles. The van der Waals surface area contributed by atoms with Crippen molar-refractivity contribution in [3.05, 3.63) is 54.2 Å². The van der Waals surface area contributed by atoms with Gasteiger partial charge in [0.15, 0.2) is 5.76 Å². The minimum Gasteiger partial charge on any atom is -0.459 e. The van der Waals surface area contributed by atoms with Gasteiger partial charge in [0.25, 0.3) is 5.91 Å². The molecule has 0 aliphatic rings. The number of hydrogen-bond donors (Lipinski definition) is 1. The van der Waals surface area contributed by atoms with Crippen LogP contribution in [0.3, 0.4) is 0 Å². The van der Waals surface area contributed by atoms with Crippen molar-refractivity contribution in [1.29, 1.82) is 0 Å². The van der Waals surface area contributed by atoms with Crippen molar-refractivity contribution >= 4 is 16.9 Å². The van der Waals surface area contributed by atoms with Crippen molar-refractivity contribution in [1.82, 2.24) is 14.9 Å². The number of carbonyl (C=O) groups excluding carboxylic acids is 1. The zero-order valence-electron chi connectivity index (χ0n) is 16.8. The number of unbranched alkanes of at least 4 members (excludes halogenated alkanes) is 7. The van der Waals surface area contributed by atoms with Gasteiger partial charge in [0.05, 0.1) is 23.8 Å². The zero-order valence-corrected chi connectivity index (χ0v) is 16.8. The lowest BCUT2D eigenvalue weighted by Crippen LogP contribution is -2.24. The van der Waals surface area contributed by atoms with Gasteiger partial charge in [-0.25, -0.2) is 4.98 Å². The molecule has 1 N–H and O–H groups in total. The predicted octanol–water partition coefficient (Wildman–Crippen LogP) is 5.70. The highest BCUT2D eigenvalue weighted by Crippen LogP contribution is 2.18. The Morgan fingerprint density at radius 1 is 1.00 bits per heavy atom. The largest absolute Gasteiger partial charge is 0.459 e. The molecule has 0 atom stereocenters. The van der Waals surface area contributed by atoms with Crippen LogP contribution in [-0.2, 0) is 13.1 Å². The Morgan fingerprint density at radius 3 is 2.50 bits per heavy atom. The van der Waals surface area contributed by atoms with Gasteiger partial charge < -0.3 is 14.3 Å². The van der Waals surface area contributed by atoms with E-state index in [1.807, 2.05) is 18.2 Å². The fourth-order valence-electron chi connectivity index (χ4n) is 3.57. The van der Waals surface area contributed by atoms with E-state index in [2.05, 4.69) is 22.9 Å². The molecule has 3 aromatic rings. The number of fused-ring (bicyclic) bond motifs is 1. The fraction of sp³-hybridized carbons (Fsp3) is 0.478. The van der Waals surface area contributed by atoms with Gasteiger partial charge in [-0.15, -0.1) is 0 Å². The number of nitrogens with one attached hydrogen (secondary N) is 1. The van der Waals surface area contributed by atoms with Crippen LogP contribution in [0.5, 0.6) is 0 Å². The molecule has 28 heavy (non-hydrogen) atoms. The lowest BCUT2D eigenvalue weighted by atomic mass is 10.1. The molecule has 1 amide bonds. The topological polar surface area (TPSA) is 60.1 Å². The Bertz CT molecular complexity index is 852. The summed E-state index contributed by atoms with van der Waals surface area (Å²) in [7, 11) is 0. The number of rotatable bonds is 12. The Balaban J connectivity index is 1.55. The van der Waals surface area contributed by atoms with Crippen molar-refractivity contribution in [3.8, 4) is 0 Å². The predicted molar refractivity (Wildman–Crippen MR) is 112 cm³/mol. The molecule has 2 heterocycles. The highest BCUT2D eigenvalue weighted by atomic mass is 16.3. The summed E-state index contributed by atoms with van der Waals surface area (Å²) < 4.78 is 7.41. The second kappa shape index (κ2) is 10.7. The van der Waals surface area contributed by atoms with Gasteiger partial charge in [-0.05, 0) is 30.7 Å². The minimum atomic E-state index is -0.212. The van der Waals surface area contributed by atoms with Gasteiger partial charge in [0.2, 0.25) is 0 Å². The van der Waals surface area contributed by atoms with Gasteiger partial charge in [-0.3, -0.25) is 4.79 Å². The molecule has 150 valence electrons. The first kappa shape index (κ1) is 20.2. The van der Waals surface area contributed by atoms with Gasteiger partial charge in [0.1, 0.15) is 5.82 Å². The van der Waals surface area contributed by atoms with Crippen molar-refractivity contribution in [2.75, 3.05) is 0 Å². The van der Waals surface area contributed by atoms with Crippen LogP contribution in [0.25, 0.3) is 11.0 Å². The Morgan fingerprint density at radius 2 is 1.75 bits per heavy atom. The summed E-state index contributed by atoms with van der Waals surface area (Å²) in [6.45, 7) is 3.58. The average molecular weight is 382 g/mol. The van der Waals surface area contributed by atoms with Crippen LogP contribution in [-0.4, -0.2) is 15.5 Å². The summed E-state index contributed by atoms with van der Waals surface area (Å²) in [5.74, 6) is 1.01. The second-order valence-corrected chi connectivity index (χ2v) is 7.30. The smallest absolute Gasteiger partial charge is 0.287 e. The number of aromatic nitrogens is 2. The van der Waals surface area contributed by atoms with Crippen LogP contribution >= 0.6 is 0 Å². The van der Waals surface area contributed by atoms with Gasteiger partial charge in [-0.1, -0.05) is 64.0 Å². The highest BCUT2D eigenvalue weighted by molar-refractivity contribution is 5.91. The molecule has 0 fully saturated rings. The van der Waals surface area contributed by atoms with Crippen molar-refractivity contribution < 1.29 is 9.21 Å². The number of furan rings is 1. The third-order valence-corrected chi connectivity index (χ3v) is 5.12. The Kier molecular flexibility index (Phi) is 7.71. The van der Waals surface area contributed by atoms with Crippen molar-refractivity contribution in [2.45, 2.75) is 71.4 Å². The van der Waals surface area contributed by atoms with Crippen LogP contribution < -0.4 is 5.32 Å². The number of nitrogens with zero attached hydrogens (tertiary/aromatic N) is 2. The van der Waals surface area contributed by atoms with Crippen LogP contribution in [0, 0.1) is 0 Å². The molecule has 0 unspecified atom stereocenters. The standard InChI is InChI=1S/C23H31N3O2/c1-2-3-4-5-6-7-8-11-16-26-20-14-10-9-13-19(20)25-22(26)18-24-23(27)21-15-12-17-28-21/h9-10,12-15,17H,2-8,11,16,18H2,1H3,(H,24,27). The molecule has 5 heteroatoms. The molecule has 0 aliphatic carbocycles. The summed E-state index contributed by atoms with van der Waals surface area (Å²) in [6, 6.07) is 11.5. The van der Waals surface area contributed by atoms with Gasteiger partial charge in [0, 0.05) is 6.54 Å². The zero-order chi connectivity index (χ0) is 19.6. The molecule has 0 bridgehead atoms. The number of aryl methyl sites for hydroxylation is 1. The molecule has 0 saturated carbocycles. The number of benzene rings is 1. The Labute approximate surface area is 167 Å². The molecule has 0 radical (unpaired) electrons. The minimum absolute atomic E-state index is 0.212. The first-order chi connectivity index (χ1) is 13.8. The van der Waals surface area contributed by atoms with Crippen molar-refractivity contribution in [3.63, 3.8) is 0 Å². The van der Waals surface area contributed by atoms with E-state index in [0.29, 0.717) is 12.3 Å². The number of carbonyl (C=O) groups is 1. The number of amides is 1. The van der Waals surface area contributed by atoms with Crippen LogP contribution in [0.15, 0.2) is 47.1 Å². The summed E-state index contributed by atoms with van der Waals surface area (Å²) >= 11 is 0. The second-order valence-electron chi connectivity index (χ2n) is 7.30. The maximum absolute atomic E-state index is 12.2. The van der Waals surface area contributed by atoms with E-state index in [1.54, 1.807) is 12.1 Å². The van der Waals surface area contributed by atoms with E-state index in [0.717, 1.165) is 29.8 Å². The molecule has 0 spiro atoms. The monoisotopic (exact) mass is 381 g/mol. The summed E-state index contributed by atoms with van der Waals surface area (Å²) in [6.07, 6.45) is 11.9. The first-order valence-corrected chi connectivity index (χ1v) is 10.6. The number of hydrogen-bond acceptors (Lipinski definition) is 3. The first-order valence-electron chi connectivity index (χ1n) is 10.6.